The zero-order valence-corrected chi connectivity index (χ0v) is 15.3. The lowest BCUT2D eigenvalue weighted by molar-refractivity contribution is -0.140. The fourth-order valence-corrected chi connectivity index (χ4v) is 3.51. The minimum absolute atomic E-state index is 0.0595. The number of likely N-dealkylation sites (tertiary alicyclic amines) is 1. The minimum Gasteiger partial charge on any atom is -0.507 e. The Bertz CT molecular complexity index is 1100. The number of amides is 1. The van der Waals surface area contributed by atoms with E-state index in [0.717, 1.165) is 5.56 Å². The Kier molecular flexibility index (Phi) is 4.91. The molecule has 144 valence electrons. The van der Waals surface area contributed by atoms with E-state index in [4.69, 9.17) is 0 Å². The number of rotatable bonds is 4. The number of carbonyl (C=O) groups is 2. The Balaban J connectivity index is 1.87. The van der Waals surface area contributed by atoms with Gasteiger partial charge in [-0.2, -0.15) is 0 Å². The number of aliphatic hydroxyl groups excluding tert-OH is 1. The monoisotopic (exact) mass is 388 g/mol. The standard InChI is InChI=1S/C23H17FN2O3/c24-18-10-4-9-17(12-18)20-19(21(27)16-7-2-1-3-8-16)22(28)23(29)26(20)14-15-6-5-11-25-13-15/h1-13,20,27H,14H2. The maximum atomic E-state index is 13.9. The quantitative estimate of drug-likeness (QED) is 0.419. The molecule has 1 aromatic heterocycles. The summed E-state index contributed by atoms with van der Waals surface area (Å²) in [6.45, 7) is 0.102. The number of ketones is 1. The Morgan fingerprint density at radius 3 is 2.52 bits per heavy atom. The molecule has 3 aromatic rings. The molecule has 1 saturated heterocycles. The zero-order chi connectivity index (χ0) is 20.4. The highest BCUT2D eigenvalue weighted by Gasteiger charge is 2.46. The number of carbonyl (C=O) groups excluding carboxylic acids is 2. The van der Waals surface area contributed by atoms with Crippen molar-refractivity contribution in [3.63, 3.8) is 0 Å². The van der Waals surface area contributed by atoms with Crippen LogP contribution in [0, 0.1) is 5.82 Å². The number of aromatic nitrogens is 1. The molecular weight excluding hydrogens is 371 g/mol. The van der Waals surface area contributed by atoms with Crippen LogP contribution in [0.3, 0.4) is 0 Å². The van der Waals surface area contributed by atoms with Crippen molar-refractivity contribution in [2.75, 3.05) is 0 Å². The molecule has 1 N–H and O–H groups in total. The molecule has 0 spiro atoms. The van der Waals surface area contributed by atoms with E-state index in [1.54, 1.807) is 60.9 Å². The van der Waals surface area contributed by atoms with Gasteiger partial charge in [0.1, 0.15) is 11.6 Å². The summed E-state index contributed by atoms with van der Waals surface area (Å²) in [4.78, 5) is 31.1. The predicted molar refractivity (Wildman–Crippen MR) is 105 cm³/mol. The maximum Gasteiger partial charge on any atom is 0.295 e. The van der Waals surface area contributed by atoms with Crippen molar-refractivity contribution in [3.05, 3.63) is 107 Å². The number of aliphatic hydroxyl groups is 1. The average Bonchev–Trinajstić information content (AvgIpc) is 2.99. The summed E-state index contributed by atoms with van der Waals surface area (Å²) < 4.78 is 13.9. The summed E-state index contributed by atoms with van der Waals surface area (Å²) in [5.74, 6) is -2.33. The highest BCUT2D eigenvalue weighted by molar-refractivity contribution is 6.46. The van der Waals surface area contributed by atoms with Gasteiger partial charge in [-0.3, -0.25) is 14.6 Å². The molecule has 1 unspecified atom stereocenters. The molecule has 0 saturated carbocycles. The van der Waals surface area contributed by atoms with Crippen LogP contribution in [-0.4, -0.2) is 26.7 Å². The summed E-state index contributed by atoms with van der Waals surface area (Å²) in [6.07, 6.45) is 3.20. The first-order chi connectivity index (χ1) is 14.1. The van der Waals surface area contributed by atoms with Crippen molar-refractivity contribution >= 4 is 17.4 Å². The van der Waals surface area contributed by atoms with Gasteiger partial charge in [-0.05, 0) is 29.3 Å². The smallest absolute Gasteiger partial charge is 0.295 e. The maximum absolute atomic E-state index is 13.9. The normalized spacial score (nSPS) is 18.2. The van der Waals surface area contributed by atoms with Gasteiger partial charge in [-0.25, -0.2) is 4.39 Å². The van der Waals surface area contributed by atoms with Crippen LogP contribution in [0.1, 0.15) is 22.7 Å². The number of hydrogen-bond donors (Lipinski definition) is 1. The molecule has 5 nitrogen and oxygen atoms in total. The summed E-state index contributed by atoms with van der Waals surface area (Å²) in [5.41, 5.74) is 1.48. The fraction of sp³-hybridized carbons (Fsp3) is 0.0870. The van der Waals surface area contributed by atoms with Crippen LogP contribution in [-0.2, 0) is 16.1 Å². The third-order valence-electron chi connectivity index (χ3n) is 4.83. The van der Waals surface area contributed by atoms with E-state index >= 15 is 0 Å². The Morgan fingerprint density at radius 2 is 1.83 bits per heavy atom. The number of pyridine rings is 1. The van der Waals surface area contributed by atoms with Crippen LogP contribution in [0.15, 0.2) is 84.7 Å². The van der Waals surface area contributed by atoms with Crippen molar-refractivity contribution in [3.8, 4) is 0 Å². The van der Waals surface area contributed by atoms with Gasteiger partial charge < -0.3 is 10.0 Å². The molecule has 0 aliphatic carbocycles. The van der Waals surface area contributed by atoms with Crippen molar-refractivity contribution in [2.24, 2.45) is 0 Å². The lowest BCUT2D eigenvalue weighted by Gasteiger charge is -2.25. The van der Waals surface area contributed by atoms with E-state index in [9.17, 15) is 19.1 Å². The number of halogens is 1. The first-order valence-corrected chi connectivity index (χ1v) is 9.04. The van der Waals surface area contributed by atoms with Crippen LogP contribution in [0.4, 0.5) is 4.39 Å². The van der Waals surface area contributed by atoms with E-state index in [-0.39, 0.29) is 17.9 Å². The van der Waals surface area contributed by atoms with Gasteiger partial charge in [0.25, 0.3) is 11.7 Å². The molecular formula is C23H17FN2O3. The first-order valence-electron chi connectivity index (χ1n) is 9.04. The SMILES string of the molecule is O=C1C(=O)N(Cc2cccnc2)C(c2cccc(F)c2)C1=C(O)c1ccccc1. The summed E-state index contributed by atoms with van der Waals surface area (Å²) in [6, 6.07) is 16.8. The molecule has 29 heavy (non-hydrogen) atoms. The van der Waals surface area contributed by atoms with E-state index in [0.29, 0.717) is 11.1 Å². The molecule has 2 heterocycles. The van der Waals surface area contributed by atoms with Crippen LogP contribution in [0.2, 0.25) is 0 Å². The van der Waals surface area contributed by atoms with Crippen LogP contribution >= 0.6 is 0 Å². The zero-order valence-electron chi connectivity index (χ0n) is 15.3. The van der Waals surface area contributed by atoms with E-state index in [1.807, 2.05) is 0 Å². The van der Waals surface area contributed by atoms with Crippen molar-refractivity contribution in [2.45, 2.75) is 12.6 Å². The second kappa shape index (κ2) is 7.67. The van der Waals surface area contributed by atoms with Crippen LogP contribution in [0.5, 0.6) is 0 Å². The lowest BCUT2D eigenvalue weighted by atomic mass is 9.95. The summed E-state index contributed by atoms with van der Waals surface area (Å²) in [7, 11) is 0. The molecule has 1 fully saturated rings. The molecule has 0 radical (unpaired) electrons. The molecule has 2 aromatic carbocycles. The van der Waals surface area contributed by atoms with Gasteiger partial charge in [-0.1, -0.05) is 48.5 Å². The van der Waals surface area contributed by atoms with Gasteiger partial charge in [-0.15, -0.1) is 0 Å². The van der Waals surface area contributed by atoms with Crippen LogP contribution < -0.4 is 0 Å². The number of nitrogens with zero attached hydrogens (tertiary/aromatic N) is 2. The lowest BCUT2D eigenvalue weighted by Crippen LogP contribution is -2.29. The van der Waals surface area contributed by atoms with Crippen molar-refractivity contribution in [1.29, 1.82) is 0 Å². The van der Waals surface area contributed by atoms with E-state index in [1.165, 1.54) is 23.1 Å². The molecule has 0 bridgehead atoms. The minimum atomic E-state index is -0.911. The third kappa shape index (κ3) is 3.52. The molecule has 1 aliphatic heterocycles. The van der Waals surface area contributed by atoms with Gasteiger partial charge in [0, 0.05) is 24.5 Å². The highest BCUT2D eigenvalue weighted by Crippen LogP contribution is 2.40. The van der Waals surface area contributed by atoms with Gasteiger partial charge in [0.2, 0.25) is 0 Å². The highest BCUT2D eigenvalue weighted by atomic mass is 19.1. The van der Waals surface area contributed by atoms with E-state index < -0.39 is 23.5 Å². The van der Waals surface area contributed by atoms with Crippen molar-refractivity contribution in [1.82, 2.24) is 9.88 Å². The Labute approximate surface area is 166 Å². The largest absolute Gasteiger partial charge is 0.507 e. The van der Waals surface area contributed by atoms with Crippen molar-refractivity contribution < 1.29 is 19.1 Å². The van der Waals surface area contributed by atoms with Crippen LogP contribution in [0.25, 0.3) is 5.76 Å². The van der Waals surface area contributed by atoms with Gasteiger partial charge >= 0.3 is 0 Å². The number of Topliss-reactive ketones (excluding diaryl/α,β-unsaturated/α-hetero) is 1. The van der Waals surface area contributed by atoms with Gasteiger partial charge in [0.05, 0.1) is 11.6 Å². The Morgan fingerprint density at radius 1 is 1.03 bits per heavy atom. The topological polar surface area (TPSA) is 70.5 Å². The van der Waals surface area contributed by atoms with Gasteiger partial charge in [0.15, 0.2) is 0 Å². The number of hydrogen-bond acceptors (Lipinski definition) is 4. The first kappa shape index (κ1) is 18.6. The summed E-state index contributed by atoms with van der Waals surface area (Å²) in [5, 5.41) is 10.9. The molecule has 6 heteroatoms. The molecule has 4 rings (SSSR count). The third-order valence-corrected chi connectivity index (χ3v) is 4.83. The number of benzene rings is 2. The Hall–Kier alpha value is -3.80. The van der Waals surface area contributed by atoms with E-state index in [2.05, 4.69) is 4.98 Å². The average molecular weight is 388 g/mol. The molecule has 1 atom stereocenters. The fourth-order valence-electron chi connectivity index (χ4n) is 3.51. The second-order valence-corrected chi connectivity index (χ2v) is 6.71. The molecule has 1 amide bonds. The predicted octanol–water partition coefficient (Wildman–Crippen LogP) is 3.84. The molecule has 1 aliphatic rings. The second-order valence-electron chi connectivity index (χ2n) is 6.71. The summed E-state index contributed by atoms with van der Waals surface area (Å²) >= 11 is 0.